The average Bonchev–Trinajstić information content (AvgIpc) is 2.85. The summed E-state index contributed by atoms with van der Waals surface area (Å²) >= 11 is 0. The highest BCUT2D eigenvalue weighted by atomic mass is 16.5. The molecule has 2 rings (SSSR count). The predicted molar refractivity (Wildman–Crippen MR) is 68.9 cm³/mol. The van der Waals surface area contributed by atoms with E-state index in [1.165, 1.54) is 0 Å². The molecule has 0 bridgehead atoms. The molecule has 0 spiro atoms. The SMILES string of the molecule is CCC(O)CCNC(=O)c1ccc2c(c1)CCO2. The van der Waals surface area contributed by atoms with Gasteiger partial charge < -0.3 is 15.2 Å². The maximum Gasteiger partial charge on any atom is 0.251 e. The minimum Gasteiger partial charge on any atom is -0.493 e. The molecule has 18 heavy (non-hydrogen) atoms. The molecule has 1 aliphatic rings. The van der Waals surface area contributed by atoms with Gasteiger partial charge in [-0.05, 0) is 36.6 Å². The van der Waals surface area contributed by atoms with Crippen LogP contribution in [0.15, 0.2) is 18.2 Å². The fraction of sp³-hybridized carbons (Fsp3) is 0.500. The number of carbonyl (C=O) groups is 1. The normalized spacial score (nSPS) is 14.8. The van der Waals surface area contributed by atoms with E-state index in [1.54, 1.807) is 6.07 Å². The van der Waals surface area contributed by atoms with Gasteiger partial charge in [-0.15, -0.1) is 0 Å². The number of aliphatic hydroxyl groups is 1. The van der Waals surface area contributed by atoms with Gasteiger partial charge in [-0.25, -0.2) is 0 Å². The number of fused-ring (bicyclic) bond motifs is 1. The van der Waals surface area contributed by atoms with Crippen molar-refractivity contribution in [3.63, 3.8) is 0 Å². The highest BCUT2D eigenvalue weighted by Crippen LogP contribution is 2.25. The van der Waals surface area contributed by atoms with Gasteiger partial charge in [-0.2, -0.15) is 0 Å². The predicted octanol–water partition coefficient (Wildman–Crippen LogP) is 1.51. The van der Waals surface area contributed by atoms with E-state index in [1.807, 2.05) is 19.1 Å². The van der Waals surface area contributed by atoms with E-state index in [9.17, 15) is 9.90 Å². The fourth-order valence-electron chi connectivity index (χ4n) is 1.99. The first kappa shape index (κ1) is 12.9. The van der Waals surface area contributed by atoms with Gasteiger partial charge in [-0.1, -0.05) is 6.92 Å². The van der Waals surface area contributed by atoms with Crippen molar-refractivity contribution < 1.29 is 14.6 Å². The molecule has 4 heteroatoms. The van der Waals surface area contributed by atoms with Gasteiger partial charge in [-0.3, -0.25) is 4.79 Å². The Morgan fingerprint density at radius 2 is 2.39 bits per heavy atom. The summed E-state index contributed by atoms with van der Waals surface area (Å²) in [4.78, 5) is 11.9. The maximum atomic E-state index is 11.9. The highest BCUT2D eigenvalue weighted by molar-refractivity contribution is 5.94. The Morgan fingerprint density at radius 3 is 3.17 bits per heavy atom. The van der Waals surface area contributed by atoms with Crippen LogP contribution in [-0.2, 0) is 6.42 Å². The van der Waals surface area contributed by atoms with Crippen LogP contribution in [0.4, 0.5) is 0 Å². The Kier molecular flexibility index (Phi) is 4.20. The van der Waals surface area contributed by atoms with Crippen molar-refractivity contribution in [2.45, 2.75) is 32.3 Å². The van der Waals surface area contributed by atoms with E-state index in [2.05, 4.69) is 5.32 Å². The van der Waals surface area contributed by atoms with Gasteiger partial charge in [0.1, 0.15) is 5.75 Å². The van der Waals surface area contributed by atoms with Gasteiger partial charge in [0.25, 0.3) is 5.91 Å². The Balaban J connectivity index is 1.89. The second kappa shape index (κ2) is 5.87. The lowest BCUT2D eigenvalue weighted by Gasteiger charge is -2.09. The Hall–Kier alpha value is -1.55. The first-order valence-corrected chi connectivity index (χ1v) is 6.42. The fourth-order valence-corrected chi connectivity index (χ4v) is 1.99. The Morgan fingerprint density at radius 1 is 1.56 bits per heavy atom. The van der Waals surface area contributed by atoms with Crippen LogP contribution < -0.4 is 10.1 Å². The number of amides is 1. The van der Waals surface area contributed by atoms with Crippen molar-refractivity contribution in [1.29, 1.82) is 0 Å². The van der Waals surface area contributed by atoms with Crippen molar-refractivity contribution >= 4 is 5.91 Å². The number of carbonyl (C=O) groups excluding carboxylic acids is 1. The molecule has 0 aliphatic carbocycles. The second-order valence-electron chi connectivity index (χ2n) is 4.53. The number of aliphatic hydroxyl groups excluding tert-OH is 1. The van der Waals surface area contributed by atoms with Crippen molar-refractivity contribution in [3.8, 4) is 5.75 Å². The second-order valence-corrected chi connectivity index (χ2v) is 4.53. The van der Waals surface area contributed by atoms with Crippen LogP contribution in [0, 0.1) is 0 Å². The number of rotatable bonds is 5. The summed E-state index contributed by atoms with van der Waals surface area (Å²) < 4.78 is 5.40. The number of nitrogens with one attached hydrogen (secondary N) is 1. The summed E-state index contributed by atoms with van der Waals surface area (Å²) in [7, 11) is 0. The number of ether oxygens (including phenoxy) is 1. The topological polar surface area (TPSA) is 58.6 Å². The smallest absolute Gasteiger partial charge is 0.251 e. The van der Waals surface area contributed by atoms with Gasteiger partial charge >= 0.3 is 0 Å². The van der Waals surface area contributed by atoms with Crippen LogP contribution in [0.25, 0.3) is 0 Å². The third-order valence-electron chi connectivity index (χ3n) is 3.19. The minimum atomic E-state index is -0.335. The molecule has 1 aromatic carbocycles. The largest absolute Gasteiger partial charge is 0.493 e. The molecule has 0 fully saturated rings. The number of benzene rings is 1. The molecule has 0 aromatic heterocycles. The Labute approximate surface area is 107 Å². The van der Waals surface area contributed by atoms with E-state index < -0.39 is 0 Å². The van der Waals surface area contributed by atoms with E-state index in [4.69, 9.17) is 4.74 Å². The molecule has 0 radical (unpaired) electrons. The summed E-state index contributed by atoms with van der Waals surface area (Å²) in [6.07, 6.45) is 1.84. The molecule has 1 aliphatic heterocycles. The zero-order valence-electron chi connectivity index (χ0n) is 10.6. The van der Waals surface area contributed by atoms with Crippen molar-refractivity contribution in [2.24, 2.45) is 0 Å². The van der Waals surface area contributed by atoms with Crippen molar-refractivity contribution in [3.05, 3.63) is 29.3 Å². The molecule has 1 heterocycles. The quantitative estimate of drug-likeness (QED) is 0.831. The molecular formula is C14H19NO3. The van der Waals surface area contributed by atoms with E-state index in [-0.39, 0.29) is 12.0 Å². The van der Waals surface area contributed by atoms with Gasteiger partial charge in [0.2, 0.25) is 0 Å². The van der Waals surface area contributed by atoms with Gasteiger partial charge in [0.15, 0.2) is 0 Å². The Bertz CT molecular complexity index is 431. The third kappa shape index (κ3) is 3.01. The van der Waals surface area contributed by atoms with Crippen LogP contribution in [-0.4, -0.2) is 30.3 Å². The first-order chi connectivity index (χ1) is 8.70. The highest BCUT2D eigenvalue weighted by Gasteiger charge is 2.14. The molecule has 1 amide bonds. The lowest BCUT2D eigenvalue weighted by molar-refractivity contribution is 0.0942. The molecule has 1 unspecified atom stereocenters. The summed E-state index contributed by atoms with van der Waals surface area (Å²) in [6, 6.07) is 5.50. The zero-order valence-corrected chi connectivity index (χ0v) is 10.6. The number of hydrogen-bond donors (Lipinski definition) is 2. The van der Waals surface area contributed by atoms with Gasteiger partial charge in [0.05, 0.1) is 12.7 Å². The number of hydrogen-bond acceptors (Lipinski definition) is 3. The minimum absolute atomic E-state index is 0.0898. The molecular weight excluding hydrogens is 230 g/mol. The summed E-state index contributed by atoms with van der Waals surface area (Å²) in [5, 5.41) is 12.2. The molecule has 0 saturated carbocycles. The van der Waals surface area contributed by atoms with Crippen LogP contribution >= 0.6 is 0 Å². The molecule has 2 N–H and O–H groups in total. The van der Waals surface area contributed by atoms with Gasteiger partial charge in [0, 0.05) is 18.5 Å². The molecule has 0 saturated heterocycles. The molecule has 1 atom stereocenters. The lowest BCUT2D eigenvalue weighted by Crippen LogP contribution is -2.27. The lowest BCUT2D eigenvalue weighted by atomic mass is 10.1. The van der Waals surface area contributed by atoms with E-state index in [0.29, 0.717) is 31.6 Å². The molecule has 1 aromatic rings. The molecule has 98 valence electrons. The van der Waals surface area contributed by atoms with Crippen LogP contribution in [0.5, 0.6) is 5.75 Å². The van der Waals surface area contributed by atoms with Crippen LogP contribution in [0.2, 0.25) is 0 Å². The summed E-state index contributed by atoms with van der Waals surface area (Å²) in [6.45, 7) is 3.12. The molecule has 4 nitrogen and oxygen atoms in total. The maximum absolute atomic E-state index is 11.9. The average molecular weight is 249 g/mol. The monoisotopic (exact) mass is 249 g/mol. The summed E-state index contributed by atoms with van der Waals surface area (Å²) in [5.41, 5.74) is 1.75. The van der Waals surface area contributed by atoms with E-state index in [0.717, 1.165) is 17.7 Å². The van der Waals surface area contributed by atoms with Crippen LogP contribution in [0.3, 0.4) is 0 Å². The van der Waals surface area contributed by atoms with Crippen LogP contribution in [0.1, 0.15) is 35.7 Å². The summed E-state index contributed by atoms with van der Waals surface area (Å²) in [5.74, 6) is 0.793. The zero-order chi connectivity index (χ0) is 13.0. The standard InChI is InChI=1S/C14H19NO3/c1-2-12(16)5-7-15-14(17)11-3-4-13-10(9-11)6-8-18-13/h3-4,9,12,16H,2,5-8H2,1H3,(H,15,17). The van der Waals surface area contributed by atoms with Crippen molar-refractivity contribution in [1.82, 2.24) is 5.32 Å². The first-order valence-electron chi connectivity index (χ1n) is 6.42. The third-order valence-corrected chi connectivity index (χ3v) is 3.19. The van der Waals surface area contributed by atoms with E-state index >= 15 is 0 Å². The van der Waals surface area contributed by atoms with Crippen molar-refractivity contribution in [2.75, 3.05) is 13.2 Å².